The first-order valence-corrected chi connectivity index (χ1v) is 9.97. The van der Waals surface area contributed by atoms with Gasteiger partial charge in [0.25, 0.3) is 0 Å². The summed E-state index contributed by atoms with van der Waals surface area (Å²) in [6, 6.07) is 4.00. The summed E-state index contributed by atoms with van der Waals surface area (Å²) < 4.78 is 0. The van der Waals surface area contributed by atoms with Gasteiger partial charge in [0.1, 0.15) is 0 Å². The molecular weight excluding hydrogens is 342 g/mol. The maximum Gasteiger partial charge on any atom is 0.237 e. The van der Waals surface area contributed by atoms with Crippen LogP contribution in [0.3, 0.4) is 0 Å². The molecule has 0 aromatic carbocycles. The monoisotopic (exact) mass is 373 g/mol. The first-order chi connectivity index (χ1) is 13.1. The minimum absolute atomic E-state index is 0.00563. The number of nitrogens with zero attached hydrogens (tertiary/aromatic N) is 3. The lowest BCUT2D eigenvalue weighted by molar-refractivity contribution is -0.126. The number of likely N-dealkylation sites (tertiary alicyclic amines) is 2. The van der Waals surface area contributed by atoms with E-state index in [0.717, 1.165) is 38.0 Å². The highest BCUT2D eigenvalue weighted by Crippen LogP contribution is 2.26. The van der Waals surface area contributed by atoms with E-state index in [1.165, 1.54) is 0 Å². The van der Waals surface area contributed by atoms with Crippen molar-refractivity contribution in [3.63, 3.8) is 0 Å². The Hall–Kier alpha value is -1.99. The molecule has 148 valence electrons. The van der Waals surface area contributed by atoms with Gasteiger partial charge in [-0.05, 0) is 64.0 Å². The molecule has 2 N–H and O–H groups in total. The lowest BCUT2D eigenvalue weighted by Gasteiger charge is -2.37. The van der Waals surface area contributed by atoms with Crippen molar-refractivity contribution in [2.24, 2.45) is 0 Å². The molecule has 0 saturated carbocycles. The summed E-state index contributed by atoms with van der Waals surface area (Å²) in [5.41, 5.74) is 0.952. The number of aromatic nitrogens is 1. The fourth-order valence-electron chi connectivity index (χ4n) is 4.21. The smallest absolute Gasteiger partial charge is 0.237 e. The summed E-state index contributed by atoms with van der Waals surface area (Å²) in [7, 11) is 2.14. The van der Waals surface area contributed by atoms with Crippen LogP contribution in [0.25, 0.3) is 0 Å². The van der Waals surface area contributed by atoms with Crippen molar-refractivity contribution in [2.45, 2.75) is 50.7 Å². The van der Waals surface area contributed by atoms with Crippen LogP contribution in [0.5, 0.6) is 0 Å². The lowest BCUT2D eigenvalue weighted by atomic mass is 10.0. The summed E-state index contributed by atoms with van der Waals surface area (Å²) in [4.78, 5) is 33.7. The Bertz CT molecular complexity index is 631. The minimum atomic E-state index is -0.149. The molecule has 0 spiro atoms. The molecule has 0 aliphatic carbocycles. The van der Waals surface area contributed by atoms with E-state index in [-0.39, 0.29) is 23.9 Å². The molecule has 7 nitrogen and oxygen atoms in total. The average Bonchev–Trinajstić information content (AvgIpc) is 3.07. The van der Waals surface area contributed by atoms with Gasteiger partial charge in [0.15, 0.2) is 0 Å². The number of carbonyl (C=O) groups is 2. The highest BCUT2D eigenvalue weighted by atomic mass is 16.2. The van der Waals surface area contributed by atoms with E-state index < -0.39 is 0 Å². The van der Waals surface area contributed by atoms with E-state index >= 15 is 0 Å². The van der Waals surface area contributed by atoms with Gasteiger partial charge in [-0.25, -0.2) is 0 Å². The molecule has 27 heavy (non-hydrogen) atoms. The van der Waals surface area contributed by atoms with Crippen molar-refractivity contribution < 1.29 is 9.59 Å². The van der Waals surface area contributed by atoms with Gasteiger partial charge in [0, 0.05) is 37.6 Å². The molecule has 3 rings (SSSR count). The van der Waals surface area contributed by atoms with Crippen LogP contribution in [0.4, 0.5) is 0 Å². The molecule has 2 fully saturated rings. The quantitative estimate of drug-likeness (QED) is 0.755. The highest BCUT2D eigenvalue weighted by Gasteiger charge is 2.41. The van der Waals surface area contributed by atoms with Gasteiger partial charge in [0.05, 0.1) is 12.5 Å². The SMILES string of the molecule is CCNC(=O)[C@@H]1C[C@H](NC(=O)Cc2ccncc2)CN1C1CCN(C)CC1. The topological polar surface area (TPSA) is 77.6 Å². The molecule has 1 aromatic heterocycles. The van der Waals surface area contributed by atoms with Gasteiger partial charge in [-0.15, -0.1) is 0 Å². The summed E-state index contributed by atoms with van der Waals surface area (Å²) in [5.74, 6) is 0.0911. The van der Waals surface area contributed by atoms with Crippen LogP contribution in [-0.4, -0.2) is 78.0 Å². The van der Waals surface area contributed by atoms with Crippen molar-refractivity contribution in [1.29, 1.82) is 0 Å². The Kier molecular flexibility index (Phi) is 6.79. The molecule has 0 radical (unpaired) electrons. The number of amides is 2. The number of likely N-dealkylation sites (N-methyl/N-ethyl adjacent to an activating group) is 1. The molecule has 2 amide bonds. The predicted molar refractivity (Wildman–Crippen MR) is 104 cm³/mol. The molecule has 0 bridgehead atoms. The van der Waals surface area contributed by atoms with Crippen LogP contribution < -0.4 is 10.6 Å². The van der Waals surface area contributed by atoms with E-state index in [2.05, 4.69) is 32.5 Å². The van der Waals surface area contributed by atoms with Gasteiger partial charge >= 0.3 is 0 Å². The van der Waals surface area contributed by atoms with Crippen LogP contribution >= 0.6 is 0 Å². The van der Waals surface area contributed by atoms with E-state index in [9.17, 15) is 9.59 Å². The first kappa shape index (κ1) is 19.8. The fourth-order valence-corrected chi connectivity index (χ4v) is 4.21. The Morgan fingerprint density at radius 1 is 1.22 bits per heavy atom. The Balaban J connectivity index is 1.61. The molecule has 3 heterocycles. The summed E-state index contributed by atoms with van der Waals surface area (Å²) in [6.07, 6.45) is 6.57. The number of nitrogens with one attached hydrogen (secondary N) is 2. The molecule has 2 saturated heterocycles. The van der Waals surface area contributed by atoms with Crippen LogP contribution in [-0.2, 0) is 16.0 Å². The largest absolute Gasteiger partial charge is 0.355 e. The third kappa shape index (κ3) is 5.26. The third-order valence-electron chi connectivity index (χ3n) is 5.63. The normalized spacial score (nSPS) is 24.7. The molecule has 2 aliphatic heterocycles. The van der Waals surface area contributed by atoms with Crippen LogP contribution in [0, 0.1) is 0 Å². The van der Waals surface area contributed by atoms with Gasteiger partial charge in [-0.3, -0.25) is 19.5 Å². The summed E-state index contributed by atoms with van der Waals surface area (Å²) >= 11 is 0. The maximum absolute atomic E-state index is 12.6. The molecule has 2 aliphatic rings. The highest BCUT2D eigenvalue weighted by molar-refractivity contribution is 5.83. The number of rotatable bonds is 6. The van der Waals surface area contributed by atoms with Crippen molar-refractivity contribution in [3.8, 4) is 0 Å². The number of carbonyl (C=O) groups excluding carboxylic acids is 2. The summed E-state index contributed by atoms with van der Waals surface area (Å²) in [6.45, 7) is 5.44. The van der Waals surface area contributed by atoms with Crippen LogP contribution in [0.2, 0.25) is 0 Å². The third-order valence-corrected chi connectivity index (χ3v) is 5.63. The molecule has 0 unspecified atom stereocenters. The van der Waals surface area contributed by atoms with Gasteiger partial charge in [-0.1, -0.05) is 0 Å². The summed E-state index contributed by atoms with van der Waals surface area (Å²) in [5, 5.41) is 6.11. The van der Waals surface area contributed by atoms with Gasteiger partial charge in [-0.2, -0.15) is 0 Å². The van der Waals surface area contributed by atoms with Crippen LogP contribution in [0.1, 0.15) is 31.7 Å². The second-order valence-corrected chi connectivity index (χ2v) is 7.67. The first-order valence-electron chi connectivity index (χ1n) is 9.97. The second kappa shape index (κ2) is 9.28. The molecule has 1 aromatic rings. The van der Waals surface area contributed by atoms with E-state index in [4.69, 9.17) is 0 Å². The van der Waals surface area contributed by atoms with Gasteiger partial charge < -0.3 is 15.5 Å². The van der Waals surface area contributed by atoms with Gasteiger partial charge in [0.2, 0.25) is 11.8 Å². The Labute approximate surface area is 161 Å². The van der Waals surface area contributed by atoms with Crippen LogP contribution in [0.15, 0.2) is 24.5 Å². The number of piperidine rings is 1. The zero-order chi connectivity index (χ0) is 19.2. The molecular formula is C20H31N5O2. The van der Waals surface area contributed by atoms with E-state index in [1.54, 1.807) is 12.4 Å². The predicted octanol–water partition coefficient (Wildman–Crippen LogP) is 0.414. The number of hydrogen-bond donors (Lipinski definition) is 2. The zero-order valence-electron chi connectivity index (χ0n) is 16.4. The minimum Gasteiger partial charge on any atom is -0.355 e. The Morgan fingerprint density at radius 2 is 1.93 bits per heavy atom. The van der Waals surface area contributed by atoms with Crippen molar-refractivity contribution in [1.82, 2.24) is 25.4 Å². The van der Waals surface area contributed by atoms with E-state index in [0.29, 0.717) is 25.4 Å². The maximum atomic E-state index is 12.6. The number of pyridine rings is 1. The molecule has 2 atom stereocenters. The molecule has 7 heteroatoms. The van der Waals surface area contributed by atoms with Crippen molar-refractivity contribution in [3.05, 3.63) is 30.1 Å². The second-order valence-electron chi connectivity index (χ2n) is 7.67. The average molecular weight is 374 g/mol. The standard InChI is InChI=1S/C20H31N5O2/c1-3-22-20(27)18-13-16(14-25(18)17-6-10-24(2)11-7-17)23-19(26)12-15-4-8-21-9-5-15/h4-5,8-9,16-18H,3,6-7,10-14H2,1-2H3,(H,22,27)(H,23,26)/t16-,18-/m0/s1. The zero-order valence-corrected chi connectivity index (χ0v) is 16.4. The fraction of sp³-hybridized carbons (Fsp3) is 0.650. The van der Waals surface area contributed by atoms with Crippen molar-refractivity contribution in [2.75, 3.05) is 33.2 Å². The number of hydrogen-bond acceptors (Lipinski definition) is 5. The lowest BCUT2D eigenvalue weighted by Crippen LogP contribution is -2.51. The Morgan fingerprint density at radius 3 is 2.59 bits per heavy atom. The van der Waals surface area contributed by atoms with Crippen molar-refractivity contribution >= 4 is 11.8 Å². The van der Waals surface area contributed by atoms with E-state index in [1.807, 2.05) is 19.1 Å².